The van der Waals surface area contributed by atoms with Crippen molar-refractivity contribution in [2.24, 2.45) is 0 Å². The van der Waals surface area contributed by atoms with Crippen molar-refractivity contribution in [1.29, 1.82) is 0 Å². The number of likely N-dealkylation sites (N-methyl/N-ethyl adjacent to an activating group) is 1. The van der Waals surface area contributed by atoms with E-state index < -0.39 is 0 Å². The summed E-state index contributed by atoms with van der Waals surface area (Å²) >= 11 is 0. The third-order valence-electron chi connectivity index (χ3n) is 3.83. The second-order valence-electron chi connectivity index (χ2n) is 5.30. The number of amides is 1. The van der Waals surface area contributed by atoms with E-state index in [9.17, 15) is 4.79 Å². The Kier molecular flexibility index (Phi) is 2.94. The van der Waals surface area contributed by atoms with Gasteiger partial charge in [-0.2, -0.15) is 0 Å². The number of fused-ring (bicyclic) bond motifs is 1. The number of hydrogen-bond acceptors (Lipinski definition) is 1. The summed E-state index contributed by atoms with van der Waals surface area (Å²) in [6.45, 7) is 4.14. The molecule has 3 rings (SSSR count). The Morgan fingerprint density at radius 3 is 2.60 bits per heavy atom. The predicted octanol–water partition coefficient (Wildman–Crippen LogP) is 3.82. The molecule has 2 aromatic carbocycles. The van der Waals surface area contributed by atoms with E-state index in [1.54, 1.807) is 4.90 Å². The second kappa shape index (κ2) is 4.64. The van der Waals surface area contributed by atoms with Gasteiger partial charge in [-0.1, -0.05) is 42.0 Å². The highest BCUT2D eigenvalue weighted by molar-refractivity contribution is 6.35. The minimum absolute atomic E-state index is 0.0621. The lowest BCUT2D eigenvalue weighted by Gasteiger charge is -2.08. The van der Waals surface area contributed by atoms with Crippen LogP contribution in [0.2, 0.25) is 0 Å². The van der Waals surface area contributed by atoms with Gasteiger partial charge in [0, 0.05) is 18.2 Å². The predicted molar refractivity (Wildman–Crippen MR) is 83.6 cm³/mol. The van der Waals surface area contributed by atoms with Gasteiger partial charge in [-0.05, 0) is 37.1 Å². The molecule has 1 aliphatic rings. The molecule has 0 fully saturated rings. The summed E-state index contributed by atoms with van der Waals surface area (Å²) in [5.74, 6) is 0.0621. The van der Waals surface area contributed by atoms with Gasteiger partial charge in [0.05, 0.1) is 5.69 Å². The molecule has 0 spiro atoms. The van der Waals surface area contributed by atoms with Crippen molar-refractivity contribution >= 4 is 23.2 Å². The number of rotatable bonds is 1. The van der Waals surface area contributed by atoms with Gasteiger partial charge in [-0.25, -0.2) is 0 Å². The Bertz CT molecular complexity index is 728. The molecular weight excluding hydrogens is 246 g/mol. The van der Waals surface area contributed by atoms with Crippen LogP contribution in [0.15, 0.2) is 42.5 Å². The van der Waals surface area contributed by atoms with Gasteiger partial charge >= 0.3 is 0 Å². The molecule has 0 saturated carbocycles. The monoisotopic (exact) mass is 263 g/mol. The SMILES string of the molecule is Cc1ccc(C)c(/C=C2\C(=O)N(C)c3ccccc32)c1. The molecule has 2 aromatic rings. The summed E-state index contributed by atoms with van der Waals surface area (Å²) < 4.78 is 0. The molecule has 0 atom stereocenters. The van der Waals surface area contributed by atoms with Crippen LogP contribution >= 0.6 is 0 Å². The molecule has 0 aliphatic carbocycles. The molecule has 2 heteroatoms. The average molecular weight is 263 g/mol. The number of para-hydroxylation sites is 1. The van der Waals surface area contributed by atoms with E-state index in [0.29, 0.717) is 0 Å². The highest BCUT2D eigenvalue weighted by Gasteiger charge is 2.28. The summed E-state index contributed by atoms with van der Waals surface area (Å²) in [6, 6.07) is 14.2. The van der Waals surface area contributed by atoms with Gasteiger partial charge in [-0.15, -0.1) is 0 Å². The van der Waals surface area contributed by atoms with Gasteiger partial charge in [0.15, 0.2) is 0 Å². The van der Waals surface area contributed by atoms with E-state index in [1.165, 1.54) is 11.1 Å². The quantitative estimate of drug-likeness (QED) is 0.716. The van der Waals surface area contributed by atoms with E-state index in [0.717, 1.165) is 22.4 Å². The van der Waals surface area contributed by atoms with Crippen LogP contribution < -0.4 is 4.90 Å². The number of anilines is 1. The number of aryl methyl sites for hydroxylation is 2. The van der Waals surface area contributed by atoms with Crippen LogP contribution in [0, 0.1) is 13.8 Å². The van der Waals surface area contributed by atoms with Crippen LogP contribution in [0.25, 0.3) is 11.6 Å². The first-order chi connectivity index (χ1) is 9.58. The summed E-state index contributed by atoms with van der Waals surface area (Å²) in [4.78, 5) is 14.1. The smallest absolute Gasteiger partial charge is 0.258 e. The molecule has 2 nitrogen and oxygen atoms in total. The van der Waals surface area contributed by atoms with Crippen LogP contribution in [0.1, 0.15) is 22.3 Å². The first kappa shape index (κ1) is 12.7. The maximum Gasteiger partial charge on any atom is 0.258 e. The van der Waals surface area contributed by atoms with Gasteiger partial charge in [-0.3, -0.25) is 4.79 Å². The summed E-state index contributed by atoms with van der Waals surface area (Å²) in [5.41, 5.74) is 6.27. The number of nitrogens with zero attached hydrogens (tertiary/aromatic N) is 1. The Morgan fingerprint density at radius 1 is 1.05 bits per heavy atom. The first-order valence-corrected chi connectivity index (χ1v) is 6.74. The molecule has 20 heavy (non-hydrogen) atoms. The van der Waals surface area contributed by atoms with Crippen LogP contribution in [-0.2, 0) is 4.79 Å². The average Bonchev–Trinajstić information content (AvgIpc) is 2.68. The molecule has 0 N–H and O–H groups in total. The molecule has 100 valence electrons. The van der Waals surface area contributed by atoms with Crippen LogP contribution in [0.3, 0.4) is 0 Å². The van der Waals surface area contributed by atoms with E-state index in [-0.39, 0.29) is 5.91 Å². The fraction of sp³-hybridized carbons (Fsp3) is 0.167. The third-order valence-corrected chi connectivity index (χ3v) is 3.83. The first-order valence-electron chi connectivity index (χ1n) is 6.74. The lowest BCUT2D eigenvalue weighted by atomic mass is 10.00. The van der Waals surface area contributed by atoms with E-state index in [4.69, 9.17) is 0 Å². The van der Waals surface area contributed by atoms with Crippen molar-refractivity contribution in [2.45, 2.75) is 13.8 Å². The summed E-state index contributed by atoms with van der Waals surface area (Å²) in [7, 11) is 1.82. The molecule has 0 aromatic heterocycles. The molecule has 1 heterocycles. The Balaban J connectivity index is 2.17. The fourth-order valence-electron chi connectivity index (χ4n) is 2.61. The second-order valence-corrected chi connectivity index (χ2v) is 5.30. The highest BCUT2D eigenvalue weighted by Crippen LogP contribution is 2.36. The minimum atomic E-state index is 0.0621. The van der Waals surface area contributed by atoms with Gasteiger partial charge in [0.2, 0.25) is 0 Å². The van der Waals surface area contributed by atoms with Gasteiger partial charge < -0.3 is 4.90 Å². The zero-order chi connectivity index (χ0) is 14.3. The van der Waals surface area contributed by atoms with Crippen LogP contribution in [0.4, 0.5) is 5.69 Å². The lowest BCUT2D eigenvalue weighted by Crippen LogP contribution is -2.20. The molecule has 0 radical (unpaired) electrons. The molecule has 0 saturated heterocycles. The standard InChI is InChI=1S/C18H17NO/c1-12-8-9-13(2)14(10-12)11-16-15-6-4-5-7-17(15)19(3)18(16)20/h4-11H,1-3H3/b16-11-. The van der Waals surface area contributed by atoms with E-state index in [2.05, 4.69) is 32.0 Å². The Morgan fingerprint density at radius 2 is 1.80 bits per heavy atom. The molecule has 1 amide bonds. The summed E-state index contributed by atoms with van der Waals surface area (Å²) in [6.07, 6.45) is 2.01. The topological polar surface area (TPSA) is 20.3 Å². The maximum absolute atomic E-state index is 12.4. The molecule has 1 aliphatic heterocycles. The van der Waals surface area contributed by atoms with Crippen molar-refractivity contribution in [3.63, 3.8) is 0 Å². The summed E-state index contributed by atoms with van der Waals surface area (Å²) in [5, 5.41) is 0. The number of benzene rings is 2. The Hall–Kier alpha value is -2.35. The third kappa shape index (κ3) is 1.94. The Labute approximate surface area is 119 Å². The minimum Gasteiger partial charge on any atom is -0.311 e. The van der Waals surface area contributed by atoms with Crippen molar-refractivity contribution in [1.82, 2.24) is 0 Å². The zero-order valence-electron chi connectivity index (χ0n) is 12.0. The van der Waals surface area contributed by atoms with E-state index in [1.807, 2.05) is 37.4 Å². The fourth-order valence-corrected chi connectivity index (χ4v) is 2.61. The van der Waals surface area contributed by atoms with Crippen molar-refractivity contribution in [2.75, 3.05) is 11.9 Å². The molecule has 0 unspecified atom stereocenters. The van der Waals surface area contributed by atoms with Crippen molar-refractivity contribution < 1.29 is 4.79 Å². The highest BCUT2D eigenvalue weighted by atomic mass is 16.2. The number of carbonyl (C=O) groups is 1. The van der Waals surface area contributed by atoms with E-state index >= 15 is 0 Å². The van der Waals surface area contributed by atoms with Crippen LogP contribution in [-0.4, -0.2) is 13.0 Å². The zero-order valence-corrected chi connectivity index (χ0v) is 12.0. The largest absolute Gasteiger partial charge is 0.311 e. The lowest BCUT2D eigenvalue weighted by molar-refractivity contribution is -0.112. The van der Waals surface area contributed by atoms with Gasteiger partial charge in [0.1, 0.15) is 0 Å². The number of hydrogen-bond donors (Lipinski definition) is 0. The molecule has 0 bridgehead atoms. The van der Waals surface area contributed by atoms with Crippen LogP contribution in [0.5, 0.6) is 0 Å². The van der Waals surface area contributed by atoms with Crippen molar-refractivity contribution in [3.05, 3.63) is 64.7 Å². The molecular formula is C18H17NO. The van der Waals surface area contributed by atoms with Gasteiger partial charge in [0.25, 0.3) is 5.91 Å². The maximum atomic E-state index is 12.4. The van der Waals surface area contributed by atoms with Crippen molar-refractivity contribution in [3.8, 4) is 0 Å². The number of carbonyl (C=O) groups excluding carboxylic acids is 1. The normalized spacial score (nSPS) is 15.8.